The van der Waals surface area contributed by atoms with Crippen molar-refractivity contribution in [2.75, 3.05) is 17.7 Å². The van der Waals surface area contributed by atoms with E-state index in [-0.39, 0.29) is 6.04 Å². The number of rotatable bonds is 6. The van der Waals surface area contributed by atoms with Gasteiger partial charge in [-0.05, 0) is 38.5 Å². The van der Waals surface area contributed by atoms with E-state index in [1.807, 2.05) is 13.0 Å². The van der Waals surface area contributed by atoms with Crippen molar-refractivity contribution in [3.63, 3.8) is 0 Å². The number of esters is 1. The van der Waals surface area contributed by atoms with Gasteiger partial charge in [0.1, 0.15) is 5.82 Å². The first kappa shape index (κ1) is 18.0. The number of carbonyl (C=O) groups is 1. The number of nitrogens with zero attached hydrogens (tertiary/aromatic N) is 2. The third kappa shape index (κ3) is 4.58. The predicted octanol–water partition coefficient (Wildman–Crippen LogP) is 4.18. The molecule has 128 valence electrons. The van der Waals surface area contributed by atoms with Crippen LogP contribution in [0.2, 0.25) is 5.02 Å². The Morgan fingerprint density at radius 2 is 2.08 bits per heavy atom. The first-order valence-electron chi connectivity index (χ1n) is 7.70. The Labute approximate surface area is 146 Å². The van der Waals surface area contributed by atoms with Gasteiger partial charge in [0.15, 0.2) is 0 Å². The normalized spacial score (nSPS) is 11.7. The molecule has 0 fully saturated rings. The summed E-state index contributed by atoms with van der Waals surface area (Å²) in [6, 6.07) is 6.96. The van der Waals surface area contributed by atoms with E-state index in [0.29, 0.717) is 28.0 Å². The summed E-state index contributed by atoms with van der Waals surface area (Å²) in [6.45, 7) is 6.04. The second kappa shape index (κ2) is 7.97. The smallest absolute Gasteiger partial charge is 0.337 e. The van der Waals surface area contributed by atoms with Gasteiger partial charge in [-0.2, -0.15) is 4.98 Å². The van der Waals surface area contributed by atoms with Crippen molar-refractivity contribution in [1.82, 2.24) is 9.97 Å². The maximum absolute atomic E-state index is 11.7. The first-order chi connectivity index (χ1) is 11.4. The zero-order valence-electron chi connectivity index (χ0n) is 14.2. The highest BCUT2D eigenvalue weighted by Gasteiger charge is 2.11. The molecule has 0 spiro atoms. The Morgan fingerprint density at radius 3 is 2.75 bits per heavy atom. The third-order valence-corrected chi connectivity index (χ3v) is 3.82. The van der Waals surface area contributed by atoms with Gasteiger partial charge in [0.25, 0.3) is 0 Å². The Morgan fingerprint density at radius 1 is 1.33 bits per heavy atom. The molecule has 0 aliphatic heterocycles. The second-order valence-electron chi connectivity index (χ2n) is 5.48. The molecule has 2 rings (SSSR count). The lowest BCUT2D eigenvalue weighted by Crippen LogP contribution is -2.16. The van der Waals surface area contributed by atoms with Gasteiger partial charge in [-0.3, -0.25) is 0 Å². The number of nitrogens with one attached hydrogen (secondary N) is 2. The van der Waals surface area contributed by atoms with Crippen LogP contribution in [-0.4, -0.2) is 29.1 Å². The Kier molecular flexibility index (Phi) is 5.98. The minimum Gasteiger partial charge on any atom is -0.465 e. The van der Waals surface area contributed by atoms with Crippen molar-refractivity contribution in [1.29, 1.82) is 0 Å². The number of ether oxygens (including phenoxy) is 1. The molecule has 0 saturated heterocycles. The molecule has 0 aliphatic carbocycles. The standard InChI is InChI=1S/C17H21ClN4O2/c1-5-10(2)19-17-20-11(3)8-15(22-17)21-14-9-12(16(23)24-4)6-7-13(14)18/h6-10H,5H2,1-4H3,(H2,19,20,21,22). The number of hydrogen-bond acceptors (Lipinski definition) is 6. The molecule has 1 aromatic carbocycles. The van der Waals surface area contributed by atoms with Crippen molar-refractivity contribution in [3.8, 4) is 0 Å². The minimum absolute atomic E-state index is 0.269. The molecule has 6 nitrogen and oxygen atoms in total. The number of methoxy groups -OCH3 is 1. The fraction of sp³-hybridized carbons (Fsp3) is 0.353. The van der Waals surface area contributed by atoms with Crippen LogP contribution in [0.15, 0.2) is 24.3 Å². The van der Waals surface area contributed by atoms with E-state index in [1.165, 1.54) is 7.11 Å². The third-order valence-electron chi connectivity index (χ3n) is 3.49. The number of carbonyl (C=O) groups excluding carboxylic acids is 1. The number of hydrogen-bond donors (Lipinski definition) is 2. The van der Waals surface area contributed by atoms with Crippen molar-refractivity contribution >= 4 is 35.0 Å². The lowest BCUT2D eigenvalue weighted by molar-refractivity contribution is 0.0601. The van der Waals surface area contributed by atoms with Crippen molar-refractivity contribution in [2.24, 2.45) is 0 Å². The van der Waals surface area contributed by atoms with Gasteiger partial charge in [-0.1, -0.05) is 18.5 Å². The highest BCUT2D eigenvalue weighted by atomic mass is 35.5. The highest BCUT2D eigenvalue weighted by molar-refractivity contribution is 6.33. The highest BCUT2D eigenvalue weighted by Crippen LogP contribution is 2.27. The summed E-state index contributed by atoms with van der Waals surface area (Å²) in [4.78, 5) is 20.5. The summed E-state index contributed by atoms with van der Waals surface area (Å²) < 4.78 is 4.73. The summed E-state index contributed by atoms with van der Waals surface area (Å²) in [5.74, 6) is 0.719. The van der Waals surface area contributed by atoms with Gasteiger partial charge >= 0.3 is 5.97 Å². The Balaban J connectivity index is 2.29. The molecule has 0 amide bonds. The van der Waals surface area contributed by atoms with E-state index in [2.05, 4.69) is 34.4 Å². The lowest BCUT2D eigenvalue weighted by Gasteiger charge is -2.14. The molecule has 1 aromatic heterocycles. The number of aromatic nitrogens is 2. The molecule has 24 heavy (non-hydrogen) atoms. The van der Waals surface area contributed by atoms with Crippen LogP contribution in [0.1, 0.15) is 36.3 Å². The molecule has 0 aliphatic rings. The molecule has 7 heteroatoms. The minimum atomic E-state index is -0.423. The first-order valence-corrected chi connectivity index (χ1v) is 8.07. The van der Waals surface area contributed by atoms with E-state index in [0.717, 1.165) is 12.1 Å². The van der Waals surface area contributed by atoms with Gasteiger partial charge in [-0.25, -0.2) is 9.78 Å². The molecule has 1 unspecified atom stereocenters. The van der Waals surface area contributed by atoms with Crippen LogP contribution in [0, 0.1) is 6.92 Å². The maximum Gasteiger partial charge on any atom is 0.337 e. The SMILES string of the molecule is CCC(C)Nc1nc(C)cc(Nc2cc(C(=O)OC)ccc2Cl)n1. The molecule has 2 aromatic rings. The monoisotopic (exact) mass is 348 g/mol. The Bertz CT molecular complexity index is 737. The fourth-order valence-electron chi connectivity index (χ4n) is 2.02. The van der Waals surface area contributed by atoms with Gasteiger partial charge in [0, 0.05) is 17.8 Å². The average molecular weight is 349 g/mol. The summed E-state index contributed by atoms with van der Waals surface area (Å²) >= 11 is 6.21. The number of benzene rings is 1. The largest absolute Gasteiger partial charge is 0.465 e. The number of anilines is 3. The summed E-state index contributed by atoms with van der Waals surface area (Å²) in [6.07, 6.45) is 0.965. The summed E-state index contributed by atoms with van der Waals surface area (Å²) in [5.41, 5.74) is 1.80. The van der Waals surface area contributed by atoms with E-state index >= 15 is 0 Å². The van der Waals surface area contributed by atoms with E-state index in [4.69, 9.17) is 16.3 Å². The van der Waals surface area contributed by atoms with Crippen LogP contribution in [0.5, 0.6) is 0 Å². The molecule has 0 radical (unpaired) electrons. The Hall–Kier alpha value is -2.34. The average Bonchev–Trinajstić information content (AvgIpc) is 2.55. The number of aryl methyl sites for hydroxylation is 1. The molecule has 2 N–H and O–H groups in total. The lowest BCUT2D eigenvalue weighted by atomic mass is 10.2. The maximum atomic E-state index is 11.7. The zero-order chi connectivity index (χ0) is 17.7. The van der Waals surface area contributed by atoms with Crippen LogP contribution in [0.25, 0.3) is 0 Å². The van der Waals surface area contributed by atoms with E-state index in [9.17, 15) is 4.79 Å². The fourth-order valence-corrected chi connectivity index (χ4v) is 2.19. The predicted molar refractivity (Wildman–Crippen MR) is 96.2 cm³/mol. The van der Waals surface area contributed by atoms with Crippen LogP contribution in [-0.2, 0) is 4.74 Å². The quantitative estimate of drug-likeness (QED) is 0.763. The van der Waals surface area contributed by atoms with Gasteiger partial charge in [0.05, 0.1) is 23.4 Å². The molecular weight excluding hydrogens is 328 g/mol. The summed E-state index contributed by atoms with van der Waals surface area (Å²) in [7, 11) is 1.34. The van der Waals surface area contributed by atoms with E-state index < -0.39 is 5.97 Å². The van der Waals surface area contributed by atoms with Gasteiger partial charge in [-0.15, -0.1) is 0 Å². The van der Waals surface area contributed by atoms with Crippen molar-refractivity contribution in [3.05, 3.63) is 40.5 Å². The number of halogens is 1. The second-order valence-corrected chi connectivity index (χ2v) is 5.89. The van der Waals surface area contributed by atoms with Gasteiger partial charge < -0.3 is 15.4 Å². The van der Waals surface area contributed by atoms with Crippen LogP contribution in [0.3, 0.4) is 0 Å². The van der Waals surface area contributed by atoms with Crippen molar-refractivity contribution in [2.45, 2.75) is 33.2 Å². The van der Waals surface area contributed by atoms with Crippen LogP contribution >= 0.6 is 11.6 Å². The molecule has 0 bridgehead atoms. The van der Waals surface area contributed by atoms with E-state index in [1.54, 1.807) is 18.2 Å². The molecular formula is C17H21ClN4O2. The topological polar surface area (TPSA) is 76.1 Å². The molecule has 1 heterocycles. The van der Waals surface area contributed by atoms with Crippen LogP contribution < -0.4 is 10.6 Å². The van der Waals surface area contributed by atoms with Crippen LogP contribution in [0.4, 0.5) is 17.5 Å². The summed E-state index contributed by atoms with van der Waals surface area (Å²) in [5, 5.41) is 6.86. The van der Waals surface area contributed by atoms with Gasteiger partial charge in [0.2, 0.25) is 5.95 Å². The zero-order valence-corrected chi connectivity index (χ0v) is 14.9. The molecule has 1 atom stereocenters. The van der Waals surface area contributed by atoms with Crippen molar-refractivity contribution < 1.29 is 9.53 Å². The molecule has 0 saturated carbocycles.